The number of nitrogens with zero attached hydrogens (tertiary/aromatic N) is 4. The van der Waals surface area contributed by atoms with E-state index in [1.807, 2.05) is 6.92 Å². The second kappa shape index (κ2) is 11.2. The first-order valence-electron chi connectivity index (χ1n) is 10.00. The van der Waals surface area contributed by atoms with Crippen LogP contribution in [-0.2, 0) is 0 Å². The summed E-state index contributed by atoms with van der Waals surface area (Å²) in [5.41, 5.74) is 1.21. The Kier molecular flexibility index (Phi) is 8.29. The highest BCUT2D eigenvalue weighted by atomic mass is 35.5. The van der Waals surface area contributed by atoms with Crippen LogP contribution < -0.4 is 9.47 Å². The van der Waals surface area contributed by atoms with Crippen LogP contribution in [0.15, 0.2) is 54.2 Å². The SMILES string of the molecule is C=CCOc1c(Cl)cc([C@H](C[N+](=O)[O-])Sc2nnc(C)n2-c2ccc(F)cc2)cc1OCC. The molecular formula is C22H22ClFN4O4S. The van der Waals surface area contributed by atoms with Crippen molar-refractivity contribution in [3.05, 3.63) is 81.4 Å². The Morgan fingerprint density at radius 2 is 2.03 bits per heavy atom. The smallest absolute Gasteiger partial charge is 0.220 e. The minimum absolute atomic E-state index is 0.228. The molecule has 0 saturated carbocycles. The van der Waals surface area contributed by atoms with Crippen molar-refractivity contribution in [2.24, 2.45) is 0 Å². The molecule has 3 rings (SSSR count). The van der Waals surface area contributed by atoms with Gasteiger partial charge in [-0.25, -0.2) is 4.39 Å². The lowest BCUT2D eigenvalue weighted by Gasteiger charge is -2.18. The van der Waals surface area contributed by atoms with Crippen LogP contribution in [0.25, 0.3) is 5.69 Å². The van der Waals surface area contributed by atoms with Gasteiger partial charge in [-0.1, -0.05) is 36.0 Å². The lowest BCUT2D eigenvalue weighted by molar-refractivity contribution is -0.479. The number of aromatic nitrogens is 3. The monoisotopic (exact) mass is 492 g/mol. The number of hydrogen-bond donors (Lipinski definition) is 0. The average molecular weight is 493 g/mol. The number of nitro groups is 1. The molecule has 3 aromatic rings. The van der Waals surface area contributed by atoms with Crippen molar-refractivity contribution in [1.29, 1.82) is 0 Å². The minimum Gasteiger partial charge on any atom is -0.490 e. The first-order chi connectivity index (χ1) is 15.8. The van der Waals surface area contributed by atoms with Crippen molar-refractivity contribution in [2.75, 3.05) is 19.8 Å². The quantitative estimate of drug-likeness (QED) is 0.152. The molecule has 0 bridgehead atoms. The summed E-state index contributed by atoms with van der Waals surface area (Å²) < 4.78 is 26.4. The maximum atomic E-state index is 13.4. The number of aryl methyl sites for hydroxylation is 1. The summed E-state index contributed by atoms with van der Waals surface area (Å²) in [5, 5.41) is 19.8. The van der Waals surface area contributed by atoms with Gasteiger partial charge in [0.2, 0.25) is 6.54 Å². The Balaban J connectivity index is 2.02. The molecule has 8 nitrogen and oxygen atoms in total. The van der Waals surface area contributed by atoms with Gasteiger partial charge in [0.1, 0.15) is 23.5 Å². The summed E-state index contributed by atoms with van der Waals surface area (Å²) in [6, 6.07) is 9.14. The predicted molar refractivity (Wildman–Crippen MR) is 125 cm³/mol. The van der Waals surface area contributed by atoms with Gasteiger partial charge in [0.25, 0.3) is 0 Å². The fourth-order valence-corrected chi connectivity index (χ4v) is 4.53. The van der Waals surface area contributed by atoms with Crippen LogP contribution in [0.1, 0.15) is 23.6 Å². The highest BCUT2D eigenvalue weighted by Crippen LogP contribution is 2.43. The van der Waals surface area contributed by atoms with Gasteiger partial charge >= 0.3 is 0 Å². The maximum absolute atomic E-state index is 13.4. The van der Waals surface area contributed by atoms with Crippen molar-refractivity contribution >= 4 is 23.4 Å². The van der Waals surface area contributed by atoms with E-state index in [9.17, 15) is 14.5 Å². The van der Waals surface area contributed by atoms with E-state index in [2.05, 4.69) is 16.8 Å². The molecule has 1 heterocycles. The second-order valence-electron chi connectivity index (χ2n) is 6.83. The number of rotatable bonds is 11. The van der Waals surface area contributed by atoms with Gasteiger partial charge in [0.05, 0.1) is 11.6 Å². The molecule has 0 radical (unpaired) electrons. The lowest BCUT2D eigenvalue weighted by Crippen LogP contribution is -2.12. The summed E-state index contributed by atoms with van der Waals surface area (Å²) in [7, 11) is 0. The number of halogens is 2. The number of hydrogen-bond acceptors (Lipinski definition) is 7. The van der Waals surface area contributed by atoms with E-state index >= 15 is 0 Å². The molecule has 11 heteroatoms. The highest BCUT2D eigenvalue weighted by Gasteiger charge is 2.26. The molecular weight excluding hydrogens is 471 g/mol. The third kappa shape index (κ3) is 6.02. The van der Waals surface area contributed by atoms with E-state index in [4.69, 9.17) is 21.1 Å². The molecule has 0 unspecified atom stereocenters. The van der Waals surface area contributed by atoms with Crippen LogP contribution in [0.2, 0.25) is 5.02 Å². The van der Waals surface area contributed by atoms with Crippen molar-refractivity contribution in [3.8, 4) is 17.2 Å². The van der Waals surface area contributed by atoms with Crippen LogP contribution in [0.5, 0.6) is 11.5 Å². The van der Waals surface area contributed by atoms with Gasteiger partial charge < -0.3 is 9.47 Å². The van der Waals surface area contributed by atoms with E-state index in [1.165, 1.54) is 12.1 Å². The molecule has 174 valence electrons. The van der Waals surface area contributed by atoms with E-state index in [1.54, 1.807) is 41.8 Å². The van der Waals surface area contributed by atoms with Crippen LogP contribution >= 0.6 is 23.4 Å². The number of benzene rings is 2. The third-order valence-corrected chi connectivity index (χ3v) is 5.95. The fraction of sp³-hybridized carbons (Fsp3) is 0.273. The zero-order valence-electron chi connectivity index (χ0n) is 18.0. The Morgan fingerprint density at radius 1 is 1.30 bits per heavy atom. The van der Waals surface area contributed by atoms with Crippen LogP contribution in [0.3, 0.4) is 0 Å². The van der Waals surface area contributed by atoms with Crippen molar-refractivity contribution in [2.45, 2.75) is 24.3 Å². The molecule has 0 saturated heterocycles. The number of ether oxygens (including phenoxy) is 2. The lowest BCUT2D eigenvalue weighted by atomic mass is 10.1. The van der Waals surface area contributed by atoms with Gasteiger partial charge in [-0.3, -0.25) is 14.7 Å². The molecule has 0 fully saturated rings. The molecule has 0 amide bonds. The average Bonchev–Trinajstić information content (AvgIpc) is 3.13. The number of thioether (sulfide) groups is 1. The van der Waals surface area contributed by atoms with Gasteiger partial charge in [-0.05, 0) is 55.8 Å². The molecule has 1 atom stereocenters. The summed E-state index contributed by atoms with van der Waals surface area (Å²) in [4.78, 5) is 11.1. The first-order valence-corrected chi connectivity index (χ1v) is 11.3. The van der Waals surface area contributed by atoms with Crippen molar-refractivity contribution in [3.63, 3.8) is 0 Å². The molecule has 0 aliphatic carbocycles. The first kappa shape index (κ1) is 24.5. The molecule has 33 heavy (non-hydrogen) atoms. The van der Waals surface area contributed by atoms with Crippen molar-refractivity contribution in [1.82, 2.24) is 14.8 Å². The maximum Gasteiger partial charge on any atom is 0.220 e. The molecule has 1 aromatic heterocycles. The Labute approximate surface area is 199 Å². The molecule has 2 aromatic carbocycles. The van der Waals surface area contributed by atoms with Gasteiger partial charge in [-0.15, -0.1) is 10.2 Å². The van der Waals surface area contributed by atoms with Crippen LogP contribution in [-0.4, -0.2) is 39.4 Å². The van der Waals surface area contributed by atoms with Gasteiger partial charge in [0.15, 0.2) is 16.7 Å². The Morgan fingerprint density at radius 3 is 2.67 bits per heavy atom. The highest BCUT2D eigenvalue weighted by molar-refractivity contribution is 7.99. The predicted octanol–water partition coefficient (Wildman–Crippen LogP) is 5.44. The van der Waals surface area contributed by atoms with Crippen LogP contribution in [0.4, 0.5) is 4.39 Å². The summed E-state index contributed by atoms with van der Waals surface area (Å²) in [6.07, 6.45) is 1.58. The largest absolute Gasteiger partial charge is 0.490 e. The molecule has 0 spiro atoms. The van der Waals surface area contributed by atoms with Gasteiger partial charge in [0, 0.05) is 10.6 Å². The summed E-state index contributed by atoms with van der Waals surface area (Å²) >= 11 is 7.61. The van der Waals surface area contributed by atoms with E-state index in [-0.39, 0.29) is 17.4 Å². The Hall–Kier alpha value is -3.11. The summed E-state index contributed by atoms with van der Waals surface area (Å²) in [6.45, 7) is 7.38. The Bertz CT molecular complexity index is 1140. The zero-order chi connectivity index (χ0) is 24.0. The van der Waals surface area contributed by atoms with E-state index in [0.717, 1.165) is 11.8 Å². The minimum atomic E-state index is -0.659. The van der Waals surface area contributed by atoms with E-state index in [0.29, 0.717) is 40.3 Å². The third-order valence-electron chi connectivity index (χ3n) is 4.49. The molecule has 0 aliphatic rings. The molecule has 0 N–H and O–H groups in total. The summed E-state index contributed by atoms with van der Waals surface area (Å²) in [5.74, 6) is 0.913. The van der Waals surface area contributed by atoms with Crippen molar-refractivity contribution < 1.29 is 18.8 Å². The topological polar surface area (TPSA) is 92.3 Å². The zero-order valence-corrected chi connectivity index (χ0v) is 19.6. The van der Waals surface area contributed by atoms with Crippen LogP contribution in [0, 0.1) is 22.9 Å². The normalized spacial score (nSPS) is 11.8. The van der Waals surface area contributed by atoms with Gasteiger partial charge in [-0.2, -0.15) is 0 Å². The fourth-order valence-electron chi connectivity index (χ4n) is 3.10. The second-order valence-corrected chi connectivity index (χ2v) is 8.40. The molecule has 0 aliphatic heterocycles. The van der Waals surface area contributed by atoms with E-state index < -0.39 is 16.7 Å². The standard InChI is InChI=1S/C22H22ClFN4O4S/c1-4-10-32-21-18(23)11-15(12-19(21)31-5-2)20(13-27(29)30)33-22-26-25-14(3)28(22)17-8-6-16(24)7-9-17/h4,6-9,11-12,20H,1,5,10,13H2,2-3H3/t20-/m0/s1.